The molecule has 0 unspecified atom stereocenters. The van der Waals surface area contributed by atoms with E-state index in [1.807, 2.05) is 30.3 Å². The minimum Gasteiger partial charge on any atom is -0.347 e. The number of halogens is 2. The van der Waals surface area contributed by atoms with Crippen molar-refractivity contribution in [3.63, 3.8) is 0 Å². The molecule has 2 aromatic carbocycles. The zero-order chi connectivity index (χ0) is 20.5. The first-order valence-corrected chi connectivity index (χ1v) is 9.32. The number of amides is 3. The van der Waals surface area contributed by atoms with Gasteiger partial charge in [0.1, 0.15) is 23.7 Å². The van der Waals surface area contributed by atoms with E-state index >= 15 is 0 Å². The molecule has 8 heteroatoms. The van der Waals surface area contributed by atoms with E-state index < -0.39 is 35.7 Å². The lowest BCUT2D eigenvalue weighted by Crippen LogP contribution is -2.61. The van der Waals surface area contributed by atoms with Gasteiger partial charge in [0, 0.05) is 30.6 Å². The minimum atomic E-state index is -0.850. The number of benzene rings is 2. The van der Waals surface area contributed by atoms with Crippen LogP contribution >= 0.6 is 0 Å². The maximum Gasteiger partial charge on any atom is 0.251 e. The van der Waals surface area contributed by atoms with Crippen LogP contribution in [0.15, 0.2) is 48.5 Å². The van der Waals surface area contributed by atoms with Crippen LogP contribution in [-0.4, -0.2) is 47.3 Å². The van der Waals surface area contributed by atoms with Crippen molar-refractivity contribution < 1.29 is 23.2 Å². The molecule has 2 aromatic rings. The highest BCUT2D eigenvalue weighted by atomic mass is 19.1. The van der Waals surface area contributed by atoms with E-state index in [1.165, 1.54) is 4.90 Å². The standard InChI is InChI=1S/C21H19F2N3O3/c22-14-7-13(8-15(23)9-14)19(27)24-16-10-18-20(28)25-17(21(29)26(18)11-16)6-12-4-2-1-3-5-12/h1-5,7-9,16-18H,6,10-11H2,(H,24,27)(H,25,28)/t16-,17-,18-/m0/s1. The molecule has 29 heavy (non-hydrogen) atoms. The van der Waals surface area contributed by atoms with Crippen molar-refractivity contribution in [2.24, 2.45) is 0 Å². The molecular formula is C21H19F2N3O3. The number of hydrogen-bond donors (Lipinski definition) is 2. The zero-order valence-corrected chi connectivity index (χ0v) is 15.4. The van der Waals surface area contributed by atoms with Crippen molar-refractivity contribution in [1.29, 1.82) is 0 Å². The molecule has 3 atom stereocenters. The predicted molar refractivity (Wildman–Crippen MR) is 99.8 cm³/mol. The van der Waals surface area contributed by atoms with Crippen molar-refractivity contribution in [2.75, 3.05) is 6.54 Å². The Kier molecular flexibility index (Phi) is 5.00. The molecule has 4 rings (SSSR count). The summed E-state index contributed by atoms with van der Waals surface area (Å²) >= 11 is 0. The molecule has 2 N–H and O–H groups in total. The Morgan fingerprint density at radius 2 is 1.79 bits per heavy atom. The maximum atomic E-state index is 13.3. The molecule has 0 saturated carbocycles. The second-order valence-corrected chi connectivity index (χ2v) is 7.32. The topological polar surface area (TPSA) is 78.5 Å². The van der Waals surface area contributed by atoms with E-state index in [0.717, 1.165) is 17.7 Å². The summed E-state index contributed by atoms with van der Waals surface area (Å²) in [7, 11) is 0. The molecule has 0 spiro atoms. The van der Waals surface area contributed by atoms with E-state index in [9.17, 15) is 23.2 Å². The highest BCUT2D eigenvalue weighted by molar-refractivity contribution is 5.98. The highest BCUT2D eigenvalue weighted by Crippen LogP contribution is 2.24. The first-order valence-electron chi connectivity index (χ1n) is 9.32. The molecule has 0 radical (unpaired) electrons. The van der Waals surface area contributed by atoms with Gasteiger partial charge in [0.15, 0.2) is 0 Å². The molecule has 0 aromatic heterocycles. The minimum absolute atomic E-state index is 0.148. The Morgan fingerprint density at radius 3 is 2.48 bits per heavy atom. The van der Waals surface area contributed by atoms with E-state index in [-0.39, 0.29) is 30.3 Å². The quantitative estimate of drug-likeness (QED) is 0.816. The van der Waals surface area contributed by atoms with Crippen LogP contribution in [-0.2, 0) is 16.0 Å². The molecule has 2 aliphatic rings. The number of carbonyl (C=O) groups excluding carboxylic acids is 3. The number of fused-ring (bicyclic) bond motifs is 1. The second kappa shape index (κ2) is 7.62. The summed E-state index contributed by atoms with van der Waals surface area (Å²) in [6.07, 6.45) is 0.632. The van der Waals surface area contributed by atoms with Gasteiger partial charge in [-0.25, -0.2) is 8.78 Å². The van der Waals surface area contributed by atoms with Gasteiger partial charge < -0.3 is 15.5 Å². The van der Waals surface area contributed by atoms with Crippen LogP contribution in [0.25, 0.3) is 0 Å². The van der Waals surface area contributed by atoms with Crippen LogP contribution in [0, 0.1) is 11.6 Å². The van der Waals surface area contributed by atoms with Crippen molar-refractivity contribution in [1.82, 2.24) is 15.5 Å². The van der Waals surface area contributed by atoms with Crippen LogP contribution in [0.2, 0.25) is 0 Å². The van der Waals surface area contributed by atoms with Crippen LogP contribution < -0.4 is 10.6 Å². The van der Waals surface area contributed by atoms with Crippen LogP contribution in [0.1, 0.15) is 22.3 Å². The first-order chi connectivity index (χ1) is 13.9. The SMILES string of the molecule is O=C(N[C@H]1C[C@H]2C(=O)N[C@@H](Cc3ccccc3)C(=O)N2C1)c1cc(F)cc(F)c1. The van der Waals surface area contributed by atoms with Gasteiger partial charge in [0.25, 0.3) is 5.91 Å². The van der Waals surface area contributed by atoms with Crippen molar-refractivity contribution in [3.05, 3.63) is 71.3 Å². The Hall–Kier alpha value is -3.29. The van der Waals surface area contributed by atoms with Crippen molar-refractivity contribution in [2.45, 2.75) is 31.0 Å². The van der Waals surface area contributed by atoms with Gasteiger partial charge in [-0.15, -0.1) is 0 Å². The Morgan fingerprint density at radius 1 is 1.10 bits per heavy atom. The normalized spacial score (nSPS) is 23.5. The number of nitrogens with zero attached hydrogens (tertiary/aromatic N) is 1. The Bertz CT molecular complexity index is 947. The lowest BCUT2D eigenvalue weighted by Gasteiger charge is -2.34. The number of hydrogen-bond acceptors (Lipinski definition) is 3. The second-order valence-electron chi connectivity index (χ2n) is 7.32. The summed E-state index contributed by atoms with van der Waals surface area (Å²) in [5, 5.41) is 5.43. The van der Waals surface area contributed by atoms with Gasteiger partial charge >= 0.3 is 0 Å². The van der Waals surface area contributed by atoms with Gasteiger partial charge in [-0.05, 0) is 24.1 Å². The lowest BCUT2D eigenvalue weighted by atomic mass is 10.0. The van der Waals surface area contributed by atoms with E-state index in [4.69, 9.17) is 0 Å². The fourth-order valence-electron chi connectivity index (χ4n) is 3.90. The summed E-state index contributed by atoms with van der Waals surface area (Å²) in [5.41, 5.74) is 0.784. The number of piperazine rings is 1. The Balaban J connectivity index is 1.44. The smallest absolute Gasteiger partial charge is 0.251 e. The van der Waals surface area contributed by atoms with Gasteiger partial charge in [-0.1, -0.05) is 30.3 Å². The third-order valence-corrected chi connectivity index (χ3v) is 5.24. The fourth-order valence-corrected chi connectivity index (χ4v) is 3.90. The fraction of sp³-hybridized carbons (Fsp3) is 0.286. The molecule has 2 heterocycles. The van der Waals surface area contributed by atoms with Gasteiger partial charge in [0.05, 0.1) is 0 Å². The molecule has 0 bridgehead atoms. The number of nitrogens with one attached hydrogen (secondary N) is 2. The van der Waals surface area contributed by atoms with Crippen molar-refractivity contribution in [3.8, 4) is 0 Å². The number of rotatable bonds is 4. The average molecular weight is 399 g/mol. The van der Waals surface area contributed by atoms with E-state index in [2.05, 4.69) is 10.6 Å². The van der Waals surface area contributed by atoms with E-state index in [0.29, 0.717) is 12.5 Å². The predicted octanol–water partition coefficient (Wildman–Crippen LogP) is 1.41. The highest BCUT2D eigenvalue weighted by Gasteiger charge is 2.46. The number of carbonyl (C=O) groups is 3. The van der Waals surface area contributed by atoms with Gasteiger partial charge in [0.2, 0.25) is 11.8 Å². The largest absolute Gasteiger partial charge is 0.347 e. The van der Waals surface area contributed by atoms with Crippen LogP contribution in [0.5, 0.6) is 0 Å². The molecule has 2 fully saturated rings. The lowest BCUT2D eigenvalue weighted by molar-refractivity contribution is -0.147. The van der Waals surface area contributed by atoms with E-state index in [1.54, 1.807) is 0 Å². The summed E-state index contributed by atoms with van der Waals surface area (Å²) in [6, 6.07) is 10.1. The summed E-state index contributed by atoms with van der Waals surface area (Å²) in [4.78, 5) is 39.1. The molecule has 150 valence electrons. The molecular weight excluding hydrogens is 380 g/mol. The molecule has 2 aliphatic heterocycles. The third kappa shape index (κ3) is 3.96. The molecule has 2 saturated heterocycles. The van der Waals surface area contributed by atoms with Crippen molar-refractivity contribution >= 4 is 17.7 Å². The summed E-state index contributed by atoms with van der Waals surface area (Å²) < 4.78 is 26.7. The van der Waals surface area contributed by atoms with Gasteiger partial charge in [-0.2, -0.15) is 0 Å². The first kappa shape index (κ1) is 19.0. The van der Waals surface area contributed by atoms with Crippen LogP contribution in [0.4, 0.5) is 8.78 Å². The molecule has 0 aliphatic carbocycles. The third-order valence-electron chi connectivity index (χ3n) is 5.24. The summed E-state index contributed by atoms with van der Waals surface area (Å²) in [6.45, 7) is 0.172. The van der Waals surface area contributed by atoms with Gasteiger partial charge in [-0.3, -0.25) is 14.4 Å². The Labute approximate surface area is 165 Å². The monoisotopic (exact) mass is 399 g/mol. The maximum absolute atomic E-state index is 13.3. The molecule has 6 nitrogen and oxygen atoms in total. The average Bonchev–Trinajstić information content (AvgIpc) is 3.10. The molecule has 3 amide bonds. The van der Waals surface area contributed by atoms with Crippen LogP contribution in [0.3, 0.4) is 0 Å². The zero-order valence-electron chi connectivity index (χ0n) is 15.4. The summed E-state index contributed by atoms with van der Waals surface area (Å²) in [5.74, 6) is -2.82.